The first-order chi connectivity index (χ1) is 10.1. The highest BCUT2D eigenvalue weighted by Crippen LogP contribution is 2.22. The van der Waals surface area contributed by atoms with E-state index in [2.05, 4.69) is 23.7 Å². The third kappa shape index (κ3) is 4.56. The number of para-hydroxylation sites is 1. The molecule has 21 heavy (non-hydrogen) atoms. The maximum atomic E-state index is 10.0. The van der Waals surface area contributed by atoms with Crippen LogP contribution in [0.4, 0.5) is 0 Å². The minimum atomic E-state index is -0.510. The largest absolute Gasteiger partial charge is 0.490 e. The first-order valence-corrected chi connectivity index (χ1v) is 8.06. The molecular formula is C17H23NO2S. The van der Waals surface area contributed by atoms with Crippen LogP contribution >= 0.6 is 11.3 Å². The highest BCUT2D eigenvalue weighted by Gasteiger charge is 2.09. The quantitative estimate of drug-likeness (QED) is 0.825. The van der Waals surface area contributed by atoms with Gasteiger partial charge in [0.1, 0.15) is 18.5 Å². The zero-order valence-electron chi connectivity index (χ0n) is 12.8. The van der Waals surface area contributed by atoms with Crippen molar-refractivity contribution in [3.63, 3.8) is 0 Å². The van der Waals surface area contributed by atoms with Gasteiger partial charge in [-0.2, -0.15) is 0 Å². The van der Waals surface area contributed by atoms with Crippen LogP contribution in [0.15, 0.2) is 29.6 Å². The standard InChI is InChI=1S/C17H23NO2S/c1-12-7-8-21-16(12)10-18-9-15(19)11-20-17-13(2)5-4-6-14(17)3/h4-8,15,18-19H,9-11H2,1-3H3. The Kier molecular flexibility index (Phi) is 5.79. The molecule has 4 heteroatoms. The van der Waals surface area contributed by atoms with E-state index < -0.39 is 6.10 Å². The minimum Gasteiger partial charge on any atom is -0.490 e. The van der Waals surface area contributed by atoms with Gasteiger partial charge in [-0.1, -0.05) is 18.2 Å². The number of ether oxygens (including phenoxy) is 1. The zero-order valence-corrected chi connectivity index (χ0v) is 13.7. The summed E-state index contributed by atoms with van der Waals surface area (Å²) in [6.07, 6.45) is -0.510. The van der Waals surface area contributed by atoms with E-state index in [1.165, 1.54) is 10.4 Å². The Hall–Kier alpha value is -1.36. The van der Waals surface area contributed by atoms with Crippen molar-refractivity contribution in [3.05, 3.63) is 51.2 Å². The minimum absolute atomic E-state index is 0.308. The summed E-state index contributed by atoms with van der Waals surface area (Å²) in [4.78, 5) is 1.32. The van der Waals surface area contributed by atoms with E-state index in [0.717, 1.165) is 23.4 Å². The van der Waals surface area contributed by atoms with Gasteiger partial charge in [0, 0.05) is 18.0 Å². The first-order valence-electron chi connectivity index (χ1n) is 7.18. The fraction of sp³-hybridized carbons (Fsp3) is 0.412. The maximum absolute atomic E-state index is 10.0. The smallest absolute Gasteiger partial charge is 0.125 e. The molecule has 1 atom stereocenters. The van der Waals surface area contributed by atoms with Crippen molar-refractivity contribution in [2.75, 3.05) is 13.2 Å². The number of benzene rings is 1. The maximum Gasteiger partial charge on any atom is 0.125 e. The molecule has 0 aliphatic heterocycles. The predicted molar refractivity (Wildman–Crippen MR) is 88.2 cm³/mol. The predicted octanol–water partition coefficient (Wildman–Crippen LogP) is 3.20. The molecule has 0 aliphatic carbocycles. The SMILES string of the molecule is Cc1ccsc1CNCC(O)COc1c(C)cccc1C. The van der Waals surface area contributed by atoms with E-state index in [-0.39, 0.29) is 0 Å². The Morgan fingerprint density at radius 3 is 2.48 bits per heavy atom. The van der Waals surface area contributed by atoms with Crippen LogP contribution in [0.5, 0.6) is 5.75 Å². The molecular weight excluding hydrogens is 282 g/mol. The second-order valence-electron chi connectivity index (χ2n) is 5.34. The average molecular weight is 305 g/mol. The lowest BCUT2D eigenvalue weighted by atomic mass is 10.1. The van der Waals surface area contributed by atoms with Crippen molar-refractivity contribution < 1.29 is 9.84 Å². The lowest BCUT2D eigenvalue weighted by Crippen LogP contribution is -2.31. The van der Waals surface area contributed by atoms with E-state index in [9.17, 15) is 5.11 Å². The van der Waals surface area contributed by atoms with Crippen LogP contribution in [0.1, 0.15) is 21.6 Å². The number of hydrogen-bond donors (Lipinski definition) is 2. The van der Waals surface area contributed by atoms with Crippen LogP contribution in [0, 0.1) is 20.8 Å². The van der Waals surface area contributed by atoms with Crippen molar-refractivity contribution >= 4 is 11.3 Å². The number of aryl methyl sites for hydroxylation is 3. The fourth-order valence-electron chi connectivity index (χ4n) is 2.20. The van der Waals surface area contributed by atoms with Crippen molar-refractivity contribution in [2.24, 2.45) is 0 Å². The summed E-state index contributed by atoms with van der Waals surface area (Å²) in [5, 5.41) is 15.4. The molecule has 0 radical (unpaired) electrons. The summed E-state index contributed by atoms with van der Waals surface area (Å²) >= 11 is 1.74. The molecule has 114 valence electrons. The topological polar surface area (TPSA) is 41.5 Å². The molecule has 2 N–H and O–H groups in total. The van der Waals surface area contributed by atoms with Gasteiger partial charge in [-0.15, -0.1) is 11.3 Å². The van der Waals surface area contributed by atoms with Gasteiger partial charge in [0.2, 0.25) is 0 Å². The van der Waals surface area contributed by atoms with Crippen LogP contribution in [0.3, 0.4) is 0 Å². The number of thiophene rings is 1. The van der Waals surface area contributed by atoms with Gasteiger partial charge in [0.05, 0.1) is 0 Å². The van der Waals surface area contributed by atoms with E-state index in [0.29, 0.717) is 13.2 Å². The molecule has 2 aromatic rings. The third-order valence-corrected chi connectivity index (χ3v) is 4.49. The highest BCUT2D eigenvalue weighted by atomic mass is 32.1. The Morgan fingerprint density at radius 2 is 1.86 bits per heavy atom. The number of rotatable bonds is 7. The molecule has 1 unspecified atom stereocenters. The molecule has 0 amide bonds. The molecule has 0 saturated carbocycles. The lowest BCUT2D eigenvalue weighted by Gasteiger charge is -2.16. The zero-order chi connectivity index (χ0) is 15.2. The number of hydrogen-bond acceptors (Lipinski definition) is 4. The van der Waals surface area contributed by atoms with Crippen molar-refractivity contribution in [2.45, 2.75) is 33.4 Å². The molecule has 0 fully saturated rings. The van der Waals surface area contributed by atoms with Gasteiger partial charge in [0.15, 0.2) is 0 Å². The summed E-state index contributed by atoms with van der Waals surface area (Å²) in [6, 6.07) is 8.17. The van der Waals surface area contributed by atoms with Crippen molar-refractivity contribution in [1.82, 2.24) is 5.32 Å². The van der Waals surface area contributed by atoms with E-state index in [1.807, 2.05) is 32.0 Å². The van der Waals surface area contributed by atoms with E-state index in [4.69, 9.17) is 4.74 Å². The van der Waals surface area contributed by atoms with E-state index in [1.54, 1.807) is 11.3 Å². The summed E-state index contributed by atoms with van der Waals surface area (Å²) in [6.45, 7) is 7.78. The van der Waals surface area contributed by atoms with E-state index >= 15 is 0 Å². The number of nitrogens with one attached hydrogen (secondary N) is 1. The lowest BCUT2D eigenvalue weighted by molar-refractivity contribution is 0.105. The Labute approximate surface area is 130 Å². The Bertz CT molecular complexity index is 560. The fourth-order valence-corrected chi connectivity index (χ4v) is 3.08. The normalized spacial score (nSPS) is 12.4. The van der Waals surface area contributed by atoms with Crippen LogP contribution in [-0.4, -0.2) is 24.4 Å². The second kappa shape index (κ2) is 7.59. The van der Waals surface area contributed by atoms with Crippen molar-refractivity contribution in [1.29, 1.82) is 0 Å². The summed E-state index contributed by atoms with van der Waals surface area (Å²) < 4.78 is 5.75. The molecule has 0 saturated heterocycles. The van der Waals surface area contributed by atoms with Crippen LogP contribution in [-0.2, 0) is 6.54 Å². The molecule has 2 rings (SSSR count). The first kappa shape index (κ1) is 16.0. The second-order valence-corrected chi connectivity index (χ2v) is 6.34. The third-order valence-electron chi connectivity index (χ3n) is 3.46. The average Bonchev–Trinajstić information content (AvgIpc) is 2.84. The van der Waals surface area contributed by atoms with Gasteiger partial charge >= 0.3 is 0 Å². The van der Waals surface area contributed by atoms with Gasteiger partial charge < -0.3 is 15.2 Å². The summed E-state index contributed by atoms with van der Waals surface area (Å²) in [7, 11) is 0. The summed E-state index contributed by atoms with van der Waals surface area (Å²) in [5.41, 5.74) is 3.50. The van der Waals surface area contributed by atoms with Gasteiger partial charge in [-0.25, -0.2) is 0 Å². The monoisotopic (exact) mass is 305 g/mol. The van der Waals surface area contributed by atoms with Gasteiger partial charge in [-0.3, -0.25) is 0 Å². The molecule has 0 aliphatic rings. The summed E-state index contributed by atoms with van der Waals surface area (Å²) in [5.74, 6) is 0.880. The van der Waals surface area contributed by atoms with Gasteiger partial charge in [-0.05, 0) is 48.9 Å². The molecule has 1 aromatic heterocycles. The molecule has 1 aromatic carbocycles. The van der Waals surface area contributed by atoms with Crippen LogP contribution in [0.25, 0.3) is 0 Å². The molecule has 0 spiro atoms. The van der Waals surface area contributed by atoms with Crippen LogP contribution in [0.2, 0.25) is 0 Å². The Morgan fingerprint density at radius 1 is 1.14 bits per heavy atom. The van der Waals surface area contributed by atoms with Gasteiger partial charge in [0.25, 0.3) is 0 Å². The molecule has 0 bridgehead atoms. The molecule has 3 nitrogen and oxygen atoms in total. The number of aliphatic hydroxyl groups is 1. The highest BCUT2D eigenvalue weighted by molar-refractivity contribution is 7.10. The number of aliphatic hydroxyl groups excluding tert-OH is 1. The molecule has 1 heterocycles. The Balaban J connectivity index is 1.75. The van der Waals surface area contributed by atoms with Crippen molar-refractivity contribution in [3.8, 4) is 5.75 Å². The van der Waals surface area contributed by atoms with Crippen LogP contribution < -0.4 is 10.1 Å².